The van der Waals surface area contributed by atoms with Crippen molar-refractivity contribution in [1.29, 1.82) is 0 Å². The summed E-state index contributed by atoms with van der Waals surface area (Å²) in [6, 6.07) is 0. The van der Waals surface area contributed by atoms with Gasteiger partial charge < -0.3 is 34.9 Å². The van der Waals surface area contributed by atoms with E-state index in [1.54, 1.807) is 0 Å². The average molecular weight is 324 g/mol. The van der Waals surface area contributed by atoms with Crippen molar-refractivity contribution in [3.05, 3.63) is 0 Å². The number of hydrogen-bond acceptors (Lipinski definition) is 7. The highest BCUT2D eigenvalue weighted by Gasteiger charge is 2.47. The summed E-state index contributed by atoms with van der Waals surface area (Å²) in [5.74, 6) is 0. The average Bonchev–Trinajstić information content (AvgIpc) is 2.25. The summed E-state index contributed by atoms with van der Waals surface area (Å²) in [5.41, 5.74) is 16.2. The van der Waals surface area contributed by atoms with Gasteiger partial charge in [0.1, 0.15) is 0 Å². The van der Waals surface area contributed by atoms with Crippen LogP contribution in [0.2, 0.25) is 0 Å². The van der Waals surface area contributed by atoms with Gasteiger partial charge in [-0.1, -0.05) is 0 Å². The Morgan fingerprint density at radius 1 is 0.667 bits per heavy atom. The molecule has 0 spiro atoms. The SMILES string of the molecule is CO[Si](OCC(C)(C)N)(OCC(C)(C)N)OCC(C)(C)N. The van der Waals surface area contributed by atoms with E-state index in [2.05, 4.69) is 0 Å². The molecule has 0 bridgehead atoms. The molecule has 0 rings (SSSR count). The van der Waals surface area contributed by atoms with E-state index in [0.717, 1.165) is 0 Å². The highest BCUT2D eigenvalue weighted by atomic mass is 28.4. The highest BCUT2D eigenvalue weighted by molar-refractivity contribution is 6.53. The van der Waals surface area contributed by atoms with Crippen LogP contribution in [0.1, 0.15) is 41.5 Å². The Kier molecular flexibility index (Phi) is 7.45. The summed E-state index contributed by atoms with van der Waals surface area (Å²) >= 11 is 0. The molecule has 0 aromatic rings. The zero-order valence-electron chi connectivity index (χ0n) is 14.5. The van der Waals surface area contributed by atoms with Crippen molar-refractivity contribution in [2.75, 3.05) is 26.9 Å². The molecule has 0 unspecified atom stereocenters. The first-order chi connectivity index (χ1) is 9.18. The van der Waals surface area contributed by atoms with Gasteiger partial charge in [-0.05, 0) is 41.5 Å². The molecule has 128 valence electrons. The molecule has 0 aliphatic heterocycles. The Morgan fingerprint density at radius 3 is 1.05 bits per heavy atom. The Bertz CT molecular complexity index is 262. The van der Waals surface area contributed by atoms with Gasteiger partial charge in [-0.25, -0.2) is 0 Å². The Hall–Kier alpha value is -0.0631. The zero-order chi connectivity index (χ0) is 16.9. The molecule has 0 radical (unpaired) electrons. The third kappa shape index (κ3) is 11.2. The van der Waals surface area contributed by atoms with Crippen LogP contribution in [0.15, 0.2) is 0 Å². The molecule has 6 N–H and O–H groups in total. The summed E-state index contributed by atoms with van der Waals surface area (Å²) in [5, 5.41) is 0. The highest BCUT2D eigenvalue weighted by Crippen LogP contribution is 2.17. The fourth-order valence-electron chi connectivity index (χ4n) is 1.12. The van der Waals surface area contributed by atoms with E-state index in [-0.39, 0.29) is 19.8 Å². The topological polar surface area (TPSA) is 115 Å². The monoisotopic (exact) mass is 323 g/mol. The molecule has 21 heavy (non-hydrogen) atoms. The van der Waals surface area contributed by atoms with E-state index < -0.39 is 25.7 Å². The van der Waals surface area contributed by atoms with Gasteiger partial charge in [0.15, 0.2) is 0 Å². The van der Waals surface area contributed by atoms with E-state index in [9.17, 15) is 0 Å². The predicted molar refractivity (Wildman–Crippen MR) is 85.4 cm³/mol. The van der Waals surface area contributed by atoms with Crippen molar-refractivity contribution >= 4 is 9.05 Å². The van der Waals surface area contributed by atoms with Crippen molar-refractivity contribution in [3.8, 4) is 0 Å². The molecule has 0 amide bonds. The number of hydrogen-bond donors (Lipinski definition) is 3. The molecular formula is C13H33N3O4Si. The molecule has 8 heteroatoms. The van der Waals surface area contributed by atoms with E-state index >= 15 is 0 Å². The summed E-state index contributed by atoms with van der Waals surface area (Å²) in [7, 11) is -1.85. The predicted octanol–water partition coefficient (Wildman–Crippen LogP) is 0.330. The van der Waals surface area contributed by atoms with Gasteiger partial charge in [-0.2, -0.15) is 0 Å². The lowest BCUT2D eigenvalue weighted by atomic mass is 10.1. The van der Waals surface area contributed by atoms with Crippen LogP contribution in [0.4, 0.5) is 0 Å². The zero-order valence-corrected chi connectivity index (χ0v) is 15.5. The quantitative estimate of drug-likeness (QED) is 0.496. The van der Waals surface area contributed by atoms with Crippen LogP contribution in [0.25, 0.3) is 0 Å². The van der Waals surface area contributed by atoms with Crippen LogP contribution in [0.3, 0.4) is 0 Å². The maximum Gasteiger partial charge on any atom is 0.679 e. The maximum absolute atomic E-state index is 5.94. The molecule has 0 heterocycles. The lowest BCUT2D eigenvalue weighted by Gasteiger charge is -2.33. The first-order valence-corrected chi connectivity index (χ1v) is 8.65. The van der Waals surface area contributed by atoms with Crippen molar-refractivity contribution in [1.82, 2.24) is 0 Å². The minimum atomic E-state index is -3.34. The number of nitrogens with two attached hydrogens (primary N) is 3. The second-order valence-corrected chi connectivity index (χ2v) is 9.81. The Balaban J connectivity index is 4.91. The third-order valence-electron chi connectivity index (χ3n) is 2.11. The van der Waals surface area contributed by atoms with Crippen LogP contribution < -0.4 is 17.2 Å². The van der Waals surface area contributed by atoms with Gasteiger partial charge in [-0.3, -0.25) is 0 Å². The fraction of sp³-hybridized carbons (Fsp3) is 1.00. The summed E-state index contributed by atoms with van der Waals surface area (Å²) in [6.45, 7) is 11.8. The maximum atomic E-state index is 5.94. The molecule has 0 saturated carbocycles. The van der Waals surface area contributed by atoms with E-state index in [0.29, 0.717) is 0 Å². The van der Waals surface area contributed by atoms with E-state index in [1.165, 1.54) is 7.11 Å². The molecular weight excluding hydrogens is 290 g/mol. The van der Waals surface area contributed by atoms with E-state index in [1.807, 2.05) is 41.5 Å². The molecule has 0 saturated heterocycles. The van der Waals surface area contributed by atoms with Crippen LogP contribution in [0, 0.1) is 0 Å². The molecule has 0 atom stereocenters. The van der Waals surface area contributed by atoms with Gasteiger partial charge in [0.05, 0.1) is 19.8 Å². The molecule has 0 aliphatic rings. The second kappa shape index (κ2) is 7.47. The number of rotatable bonds is 10. The fourth-order valence-corrected chi connectivity index (χ4v) is 3.37. The Labute approximate surface area is 129 Å². The molecule has 0 fully saturated rings. The molecule has 0 aromatic carbocycles. The summed E-state index contributed by atoms with van der Waals surface area (Å²) in [6.07, 6.45) is 0. The van der Waals surface area contributed by atoms with Crippen molar-refractivity contribution in [3.63, 3.8) is 0 Å². The largest absolute Gasteiger partial charge is 0.679 e. The van der Waals surface area contributed by atoms with Gasteiger partial charge in [0, 0.05) is 23.7 Å². The summed E-state index contributed by atoms with van der Waals surface area (Å²) < 4.78 is 22.7. The van der Waals surface area contributed by atoms with Gasteiger partial charge in [-0.15, -0.1) is 0 Å². The Morgan fingerprint density at radius 2 is 0.905 bits per heavy atom. The molecule has 0 aliphatic carbocycles. The van der Waals surface area contributed by atoms with Gasteiger partial charge in [0.25, 0.3) is 0 Å². The second-order valence-electron chi connectivity index (χ2n) is 7.54. The van der Waals surface area contributed by atoms with Crippen LogP contribution in [-0.2, 0) is 17.7 Å². The van der Waals surface area contributed by atoms with Crippen molar-refractivity contribution in [2.45, 2.75) is 58.2 Å². The van der Waals surface area contributed by atoms with Crippen LogP contribution in [-0.4, -0.2) is 52.6 Å². The van der Waals surface area contributed by atoms with Crippen LogP contribution in [0.5, 0.6) is 0 Å². The van der Waals surface area contributed by atoms with Crippen molar-refractivity contribution in [2.24, 2.45) is 17.2 Å². The molecule has 0 aromatic heterocycles. The van der Waals surface area contributed by atoms with Gasteiger partial charge in [0.2, 0.25) is 0 Å². The van der Waals surface area contributed by atoms with E-state index in [4.69, 9.17) is 34.9 Å². The smallest absolute Gasteiger partial charge is 0.355 e. The van der Waals surface area contributed by atoms with Crippen LogP contribution >= 0.6 is 0 Å². The first-order valence-electron chi connectivity index (χ1n) is 7.02. The summed E-state index contributed by atoms with van der Waals surface area (Å²) in [4.78, 5) is 0. The third-order valence-corrected chi connectivity index (χ3v) is 4.11. The lowest BCUT2D eigenvalue weighted by Crippen LogP contribution is -2.57. The minimum Gasteiger partial charge on any atom is -0.355 e. The van der Waals surface area contributed by atoms with Gasteiger partial charge >= 0.3 is 9.05 Å². The first kappa shape index (κ1) is 20.9. The standard InChI is InChI=1S/C13H33N3O4Si/c1-11(2,14)8-18-21(17-7,19-9-12(3,4)15)20-10-13(5,6)16/h8-10,14-16H2,1-7H3. The minimum absolute atomic E-state index is 0.239. The lowest BCUT2D eigenvalue weighted by molar-refractivity contribution is -0.0437. The molecule has 7 nitrogen and oxygen atoms in total. The normalized spacial score (nSPS) is 14.6. The van der Waals surface area contributed by atoms with Crippen molar-refractivity contribution < 1.29 is 17.7 Å².